The Kier molecular flexibility index (Phi) is 9.68. The van der Waals surface area contributed by atoms with E-state index in [-0.39, 0.29) is 57.2 Å². The van der Waals surface area contributed by atoms with Crippen molar-refractivity contribution < 1.29 is 64.5 Å². The number of carbonyl (C=O) groups is 4. The molecule has 0 radical (unpaired) electrons. The number of nitrogens with zero attached hydrogens (tertiary/aromatic N) is 1. The molecule has 6 rings (SSSR count). The summed E-state index contributed by atoms with van der Waals surface area (Å²) in [7, 11) is 2.05. The number of esters is 4. The van der Waals surface area contributed by atoms with Crippen LogP contribution in [0.4, 0.5) is 32.0 Å². The predicted octanol–water partition coefficient (Wildman–Crippen LogP) is 5.73. The first-order valence-corrected chi connectivity index (χ1v) is 15.8. The lowest BCUT2D eigenvalue weighted by atomic mass is 9.77. The summed E-state index contributed by atoms with van der Waals surface area (Å²) in [6, 6.07) is 5.50. The van der Waals surface area contributed by atoms with Gasteiger partial charge in [-0.3, -0.25) is 0 Å². The van der Waals surface area contributed by atoms with Gasteiger partial charge in [0.1, 0.15) is 32.4 Å². The van der Waals surface area contributed by atoms with Crippen LogP contribution in [0.5, 0.6) is 0 Å². The van der Waals surface area contributed by atoms with E-state index < -0.39 is 102 Å². The highest BCUT2D eigenvalue weighted by Crippen LogP contribution is 2.51. The molecule has 4 heterocycles. The third-order valence-corrected chi connectivity index (χ3v) is 9.51. The number of hydrogen-bond donors (Lipinski definition) is 1. The van der Waals surface area contributed by atoms with Crippen molar-refractivity contribution in [1.82, 2.24) is 5.32 Å². The molecule has 4 aliphatic rings. The van der Waals surface area contributed by atoms with Crippen molar-refractivity contribution in [3.8, 4) is 0 Å². The first-order valence-electron chi connectivity index (χ1n) is 15.8. The lowest BCUT2D eigenvalue weighted by molar-refractivity contribution is -0.138. The van der Waals surface area contributed by atoms with Gasteiger partial charge in [0.05, 0.1) is 65.4 Å². The van der Waals surface area contributed by atoms with Crippen LogP contribution in [0.25, 0.3) is 0 Å². The molecule has 0 saturated heterocycles. The summed E-state index contributed by atoms with van der Waals surface area (Å²) in [6.45, 7) is -1.42. The van der Waals surface area contributed by atoms with Crippen LogP contribution in [-0.4, -0.2) is 64.7 Å². The van der Waals surface area contributed by atoms with E-state index in [0.717, 1.165) is 37.3 Å². The molecule has 0 fully saturated rings. The Labute approximate surface area is 292 Å². The van der Waals surface area contributed by atoms with Crippen LogP contribution in [0.15, 0.2) is 75.4 Å². The number of carbonyl (C=O) groups excluding carboxylic acids is 4. The molecule has 4 aliphatic heterocycles. The number of ether oxygens (including phenoxy) is 4. The molecule has 1 N–H and O–H groups in total. The molecular weight excluding hydrogens is 702 g/mol. The van der Waals surface area contributed by atoms with Crippen molar-refractivity contribution in [2.45, 2.75) is 38.0 Å². The zero-order valence-corrected chi connectivity index (χ0v) is 28.0. The van der Waals surface area contributed by atoms with Gasteiger partial charge in [-0.05, 0) is 37.1 Å². The molecular formula is C36H30F6N2O8. The minimum absolute atomic E-state index is 0.128. The molecule has 0 saturated carbocycles. The smallest absolute Gasteiger partial charge is 0.337 e. The van der Waals surface area contributed by atoms with Crippen molar-refractivity contribution in [2.75, 3.05) is 45.7 Å². The van der Waals surface area contributed by atoms with E-state index in [2.05, 4.69) is 5.32 Å². The molecule has 274 valence electrons. The van der Waals surface area contributed by atoms with Gasteiger partial charge >= 0.3 is 23.9 Å². The van der Waals surface area contributed by atoms with E-state index in [9.17, 15) is 32.3 Å². The molecule has 0 aliphatic carbocycles. The maximum absolute atomic E-state index is 17.1. The summed E-state index contributed by atoms with van der Waals surface area (Å²) in [4.78, 5) is 53.9. The van der Waals surface area contributed by atoms with Crippen LogP contribution in [0.2, 0.25) is 0 Å². The van der Waals surface area contributed by atoms with E-state index in [1.54, 1.807) is 0 Å². The van der Waals surface area contributed by atoms with Crippen LogP contribution in [0, 0.1) is 11.6 Å². The fraction of sp³-hybridized carbons (Fsp3) is 0.333. The van der Waals surface area contributed by atoms with Crippen LogP contribution in [-0.2, 0) is 38.1 Å². The molecule has 16 heteroatoms. The zero-order valence-electron chi connectivity index (χ0n) is 28.0. The highest BCUT2D eigenvalue weighted by Gasteiger charge is 2.48. The monoisotopic (exact) mass is 732 g/mol. The number of nitrogens with one attached hydrogen (secondary N) is 1. The molecule has 0 spiro atoms. The Hall–Kier alpha value is -5.54. The fourth-order valence-electron chi connectivity index (χ4n) is 7.35. The van der Waals surface area contributed by atoms with Gasteiger partial charge in [-0.25, -0.2) is 45.5 Å². The summed E-state index contributed by atoms with van der Waals surface area (Å²) in [5, 5.41) is 2.88. The number of rotatable bonds is 9. The third-order valence-electron chi connectivity index (χ3n) is 9.51. The first kappa shape index (κ1) is 36.3. The number of dihydropyridines is 1. The Morgan fingerprint density at radius 2 is 1.42 bits per heavy atom. The van der Waals surface area contributed by atoms with Crippen LogP contribution < -0.4 is 10.2 Å². The standard InChI is InChI=1S/C36H30F6N2O8/c1-14-24(33(45)49-3)28(30-21(43-14)12-51-35(30)47)17-8-9-22(32(42)27(17)20(41)11-38)44-15(2)25(34(46)50-4)29(31-23(44)13-52-36(31)48)16-6-5-7-18(39)26(16)19(40)10-37/h5-9,19-20,28-29,43H,10-13H2,1-4H3/t19-,20+,28-,29-/m0/s1. The van der Waals surface area contributed by atoms with Crippen LogP contribution in [0.3, 0.4) is 0 Å². The van der Waals surface area contributed by atoms with E-state index in [4.69, 9.17) is 18.9 Å². The number of halogens is 6. The molecule has 4 atom stereocenters. The van der Waals surface area contributed by atoms with Gasteiger partial charge in [0.15, 0.2) is 18.2 Å². The predicted molar refractivity (Wildman–Crippen MR) is 169 cm³/mol. The molecule has 0 aromatic heterocycles. The number of methoxy groups -OCH3 is 2. The van der Waals surface area contributed by atoms with Crippen LogP contribution in [0.1, 0.15) is 60.3 Å². The van der Waals surface area contributed by atoms with Crippen molar-refractivity contribution in [3.63, 3.8) is 0 Å². The van der Waals surface area contributed by atoms with Crippen molar-refractivity contribution in [3.05, 3.63) is 109 Å². The molecule has 52 heavy (non-hydrogen) atoms. The average molecular weight is 733 g/mol. The first-order chi connectivity index (χ1) is 24.8. The molecule has 0 unspecified atom stereocenters. The van der Waals surface area contributed by atoms with Gasteiger partial charge in [-0.1, -0.05) is 18.2 Å². The quantitative estimate of drug-likeness (QED) is 0.195. The molecule has 10 nitrogen and oxygen atoms in total. The van der Waals surface area contributed by atoms with E-state index >= 15 is 13.2 Å². The summed E-state index contributed by atoms with van der Waals surface area (Å²) < 4.78 is 111. The molecule has 2 aromatic carbocycles. The summed E-state index contributed by atoms with van der Waals surface area (Å²) in [5.41, 5.74) is -3.85. The maximum atomic E-state index is 17.1. The normalized spacial score (nSPS) is 21.1. The number of benzene rings is 2. The van der Waals surface area contributed by atoms with Crippen molar-refractivity contribution in [2.24, 2.45) is 0 Å². The SMILES string of the molecule is COC(=O)C1=C(C)NC2=C(C(=O)OC2)[C@H]1c1ccc(N2C(C)=C(C(=O)OC)[C@H](c3cccc(F)c3[C@@H](F)CF)C3=C2COC3=O)c(F)c1[C@H](F)CF. The topological polar surface area (TPSA) is 120 Å². The zero-order chi connectivity index (χ0) is 37.8. The minimum Gasteiger partial charge on any atom is -0.466 e. The Balaban J connectivity index is 1.63. The lowest BCUT2D eigenvalue weighted by Gasteiger charge is -2.37. The molecule has 0 amide bonds. The summed E-state index contributed by atoms with van der Waals surface area (Å²) in [6.07, 6.45) is -5.17. The van der Waals surface area contributed by atoms with Crippen LogP contribution >= 0.6 is 0 Å². The second-order valence-electron chi connectivity index (χ2n) is 12.1. The number of allylic oxidation sites excluding steroid dienone is 2. The molecule has 0 bridgehead atoms. The maximum Gasteiger partial charge on any atom is 0.337 e. The summed E-state index contributed by atoms with van der Waals surface area (Å²) in [5.74, 6) is -9.66. The summed E-state index contributed by atoms with van der Waals surface area (Å²) >= 11 is 0. The lowest BCUT2D eigenvalue weighted by Crippen LogP contribution is -2.35. The highest BCUT2D eigenvalue weighted by molar-refractivity contribution is 6.04. The van der Waals surface area contributed by atoms with Gasteiger partial charge in [0.2, 0.25) is 0 Å². The van der Waals surface area contributed by atoms with Crippen molar-refractivity contribution in [1.29, 1.82) is 0 Å². The van der Waals surface area contributed by atoms with Gasteiger partial charge in [-0.2, -0.15) is 0 Å². The second-order valence-corrected chi connectivity index (χ2v) is 12.1. The van der Waals surface area contributed by atoms with E-state index in [1.165, 1.54) is 26.0 Å². The van der Waals surface area contributed by atoms with E-state index in [0.29, 0.717) is 0 Å². The van der Waals surface area contributed by atoms with Gasteiger partial charge in [0, 0.05) is 22.5 Å². The number of cyclic esters (lactones) is 2. The Morgan fingerprint density at radius 1 is 0.846 bits per heavy atom. The number of hydrogen-bond acceptors (Lipinski definition) is 10. The minimum atomic E-state index is -2.67. The van der Waals surface area contributed by atoms with E-state index in [1.807, 2.05) is 0 Å². The number of alkyl halides is 4. The molecule has 2 aromatic rings. The second kappa shape index (κ2) is 13.9. The van der Waals surface area contributed by atoms with Crippen molar-refractivity contribution >= 4 is 29.6 Å². The third kappa shape index (κ3) is 5.51. The largest absolute Gasteiger partial charge is 0.466 e. The Bertz CT molecular complexity index is 2060. The van der Waals surface area contributed by atoms with Gasteiger partial charge in [-0.15, -0.1) is 0 Å². The van der Waals surface area contributed by atoms with Gasteiger partial charge in [0.25, 0.3) is 0 Å². The Morgan fingerprint density at radius 3 is 2.08 bits per heavy atom. The number of anilines is 1. The average Bonchev–Trinajstić information content (AvgIpc) is 3.70. The van der Waals surface area contributed by atoms with Gasteiger partial charge < -0.3 is 29.2 Å². The fourth-order valence-corrected chi connectivity index (χ4v) is 7.35. The highest BCUT2D eigenvalue weighted by atomic mass is 19.2.